The lowest BCUT2D eigenvalue weighted by Gasteiger charge is -2.19. The Kier molecular flexibility index (Phi) is 5.41. The Morgan fingerprint density at radius 2 is 2.29 bits per heavy atom. The normalized spacial score (nSPS) is 13.9. The van der Waals surface area contributed by atoms with E-state index in [-0.39, 0.29) is 11.9 Å². The van der Waals surface area contributed by atoms with Crippen molar-refractivity contribution in [2.75, 3.05) is 12.4 Å². The van der Waals surface area contributed by atoms with E-state index in [9.17, 15) is 4.79 Å². The zero-order valence-corrected chi connectivity index (χ0v) is 11.8. The maximum absolute atomic E-state index is 12.0. The van der Waals surface area contributed by atoms with E-state index in [4.69, 9.17) is 4.74 Å². The van der Waals surface area contributed by atoms with E-state index >= 15 is 0 Å². The molecule has 0 saturated carbocycles. The van der Waals surface area contributed by atoms with Crippen LogP contribution in [-0.4, -0.2) is 29.4 Å². The van der Waals surface area contributed by atoms with E-state index in [1.54, 1.807) is 18.3 Å². The maximum Gasteiger partial charge on any atom is 0.256 e. The largest absolute Gasteiger partial charge is 0.480 e. The summed E-state index contributed by atoms with van der Waals surface area (Å²) in [7, 11) is 1.50. The smallest absolute Gasteiger partial charge is 0.256 e. The Hall–Kier alpha value is -1.10. The molecule has 2 unspecified atom stereocenters. The first-order chi connectivity index (χ1) is 8.10. The number of pyridine rings is 1. The fourth-order valence-corrected chi connectivity index (χ4v) is 1.85. The molecule has 1 heterocycles. The summed E-state index contributed by atoms with van der Waals surface area (Å²) in [5, 5.41) is 3.78. The minimum atomic E-state index is -0.157. The summed E-state index contributed by atoms with van der Waals surface area (Å²) in [4.78, 5) is 16.0. The summed E-state index contributed by atoms with van der Waals surface area (Å²) < 4.78 is 5.05. The molecule has 1 aromatic heterocycles. The summed E-state index contributed by atoms with van der Waals surface area (Å²) in [6, 6.07) is 3.51. The number of rotatable bonds is 5. The molecule has 4 nitrogen and oxygen atoms in total. The highest BCUT2D eigenvalue weighted by atomic mass is 79.9. The van der Waals surface area contributed by atoms with Crippen molar-refractivity contribution in [3.63, 3.8) is 0 Å². The number of carbonyl (C=O) groups excluding carboxylic acids is 1. The third-order valence-corrected chi connectivity index (χ3v) is 3.69. The molecule has 0 bridgehead atoms. The van der Waals surface area contributed by atoms with Crippen LogP contribution in [-0.2, 0) is 0 Å². The standard InChI is InChI=1S/C12H17BrN2O2/c1-8(7-13)9(2)15-11(16)10-5-4-6-14-12(10)17-3/h4-6,8-9H,7H2,1-3H3,(H,15,16). The van der Waals surface area contributed by atoms with Crippen LogP contribution in [0.25, 0.3) is 0 Å². The molecule has 0 fully saturated rings. The Labute approximate surface area is 110 Å². The van der Waals surface area contributed by atoms with Crippen LogP contribution in [0.5, 0.6) is 5.88 Å². The number of hydrogen-bond acceptors (Lipinski definition) is 3. The van der Waals surface area contributed by atoms with E-state index in [1.165, 1.54) is 7.11 Å². The molecule has 17 heavy (non-hydrogen) atoms. The van der Waals surface area contributed by atoms with Crippen molar-refractivity contribution in [2.24, 2.45) is 5.92 Å². The van der Waals surface area contributed by atoms with Crippen LogP contribution in [0.2, 0.25) is 0 Å². The highest BCUT2D eigenvalue weighted by Gasteiger charge is 2.17. The van der Waals surface area contributed by atoms with Gasteiger partial charge in [-0.2, -0.15) is 0 Å². The van der Waals surface area contributed by atoms with Crippen molar-refractivity contribution in [3.8, 4) is 5.88 Å². The molecule has 0 aliphatic rings. The third-order valence-electron chi connectivity index (χ3n) is 2.66. The Balaban J connectivity index is 2.76. The third kappa shape index (κ3) is 3.70. The van der Waals surface area contributed by atoms with Crippen LogP contribution in [0.4, 0.5) is 0 Å². The molecule has 0 saturated heterocycles. The molecule has 1 aromatic rings. The molecular formula is C12H17BrN2O2. The van der Waals surface area contributed by atoms with E-state index < -0.39 is 0 Å². The lowest BCUT2D eigenvalue weighted by Crippen LogP contribution is -2.37. The van der Waals surface area contributed by atoms with Crippen LogP contribution >= 0.6 is 15.9 Å². The van der Waals surface area contributed by atoms with Crippen LogP contribution in [0, 0.1) is 5.92 Å². The summed E-state index contributed by atoms with van der Waals surface area (Å²) in [6.07, 6.45) is 1.60. The zero-order chi connectivity index (χ0) is 12.8. The number of nitrogens with one attached hydrogen (secondary N) is 1. The van der Waals surface area contributed by atoms with Gasteiger partial charge in [0, 0.05) is 17.6 Å². The molecule has 0 aliphatic heterocycles. The molecule has 0 radical (unpaired) electrons. The monoisotopic (exact) mass is 300 g/mol. The van der Waals surface area contributed by atoms with Crippen molar-refractivity contribution in [3.05, 3.63) is 23.9 Å². The summed E-state index contributed by atoms with van der Waals surface area (Å²) in [5.74, 6) is 0.556. The molecule has 94 valence electrons. The van der Waals surface area contributed by atoms with Gasteiger partial charge >= 0.3 is 0 Å². The van der Waals surface area contributed by atoms with Crippen LogP contribution < -0.4 is 10.1 Å². The molecular weight excluding hydrogens is 284 g/mol. The molecule has 1 N–H and O–H groups in total. The second kappa shape index (κ2) is 6.59. The predicted molar refractivity (Wildman–Crippen MR) is 70.7 cm³/mol. The lowest BCUT2D eigenvalue weighted by atomic mass is 10.1. The van der Waals surface area contributed by atoms with Crippen LogP contribution in [0.1, 0.15) is 24.2 Å². The molecule has 0 aliphatic carbocycles. The highest BCUT2D eigenvalue weighted by molar-refractivity contribution is 9.09. The molecule has 1 amide bonds. The number of carbonyl (C=O) groups is 1. The van der Waals surface area contributed by atoms with Crippen molar-refractivity contribution in [1.29, 1.82) is 0 Å². The van der Waals surface area contributed by atoms with Gasteiger partial charge in [0.2, 0.25) is 5.88 Å². The first kappa shape index (κ1) is 14.0. The van der Waals surface area contributed by atoms with Gasteiger partial charge in [-0.3, -0.25) is 4.79 Å². The molecule has 1 rings (SSSR count). The van der Waals surface area contributed by atoms with E-state index in [0.717, 1.165) is 5.33 Å². The van der Waals surface area contributed by atoms with Gasteiger partial charge in [0.1, 0.15) is 5.56 Å². The van der Waals surface area contributed by atoms with Crippen molar-refractivity contribution in [2.45, 2.75) is 19.9 Å². The number of methoxy groups -OCH3 is 1. The number of alkyl halides is 1. The number of ether oxygens (including phenoxy) is 1. The average molecular weight is 301 g/mol. The molecule has 2 atom stereocenters. The molecule has 0 aromatic carbocycles. The van der Waals surface area contributed by atoms with Gasteiger partial charge in [-0.05, 0) is 25.0 Å². The predicted octanol–water partition coefficient (Wildman–Crippen LogP) is 2.24. The van der Waals surface area contributed by atoms with Gasteiger partial charge in [0.05, 0.1) is 7.11 Å². The van der Waals surface area contributed by atoms with E-state index in [1.807, 2.05) is 6.92 Å². The summed E-state index contributed by atoms with van der Waals surface area (Å²) >= 11 is 3.40. The first-order valence-electron chi connectivity index (χ1n) is 5.46. The van der Waals surface area contributed by atoms with Gasteiger partial charge in [-0.25, -0.2) is 4.98 Å². The number of hydrogen-bond donors (Lipinski definition) is 1. The van der Waals surface area contributed by atoms with Gasteiger partial charge in [-0.1, -0.05) is 22.9 Å². The quantitative estimate of drug-likeness (QED) is 0.849. The fraction of sp³-hybridized carbons (Fsp3) is 0.500. The SMILES string of the molecule is COc1ncccc1C(=O)NC(C)C(C)CBr. The minimum Gasteiger partial charge on any atom is -0.480 e. The van der Waals surface area contributed by atoms with Crippen molar-refractivity contribution in [1.82, 2.24) is 10.3 Å². The maximum atomic E-state index is 12.0. The van der Waals surface area contributed by atoms with Crippen molar-refractivity contribution >= 4 is 21.8 Å². The lowest BCUT2D eigenvalue weighted by molar-refractivity contribution is 0.0927. The number of amides is 1. The summed E-state index contributed by atoms with van der Waals surface area (Å²) in [5.41, 5.74) is 0.462. The summed E-state index contributed by atoms with van der Waals surface area (Å²) in [6.45, 7) is 4.05. The van der Waals surface area contributed by atoms with Crippen molar-refractivity contribution < 1.29 is 9.53 Å². The number of halogens is 1. The Bertz CT molecular complexity index is 385. The highest BCUT2D eigenvalue weighted by Crippen LogP contribution is 2.14. The zero-order valence-electron chi connectivity index (χ0n) is 10.2. The van der Waals surface area contributed by atoms with Crippen LogP contribution in [0.3, 0.4) is 0 Å². The van der Waals surface area contributed by atoms with Gasteiger partial charge < -0.3 is 10.1 Å². The Morgan fingerprint density at radius 3 is 2.88 bits per heavy atom. The topological polar surface area (TPSA) is 51.2 Å². The van der Waals surface area contributed by atoms with Gasteiger partial charge in [0.15, 0.2) is 0 Å². The minimum absolute atomic E-state index is 0.0896. The second-order valence-corrected chi connectivity index (χ2v) is 4.60. The fourth-order valence-electron chi connectivity index (χ4n) is 1.29. The second-order valence-electron chi connectivity index (χ2n) is 3.95. The Morgan fingerprint density at radius 1 is 1.59 bits per heavy atom. The molecule has 5 heteroatoms. The van der Waals surface area contributed by atoms with Gasteiger partial charge in [-0.15, -0.1) is 0 Å². The average Bonchev–Trinajstić information content (AvgIpc) is 2.37. The van der Waals surface area contributed by atoms with E-state index in [2.05, 4.69) is 33.2 Å². The first-order valence-corrected chi connectivity index (χ1v) is 6.58. The number of aromatic nitrogens is 1. The van der Waals surface area contributed by atoms with Gasteiger partial charge in [0.25, 0.3) is 5.91 Å². The molecule has 0 spiro atoms. The van der Waals surface area contributed by atoms with E-state index in [0.29, 0.717) is 17.4 Å². The van der Waals surface area contributed by atoms with Crippen LogP contribution in [0.15, 0.2) is 18.3 Å². The number of nitrogens with zero attached hydrogens (tertiary/aromatic N) is 1.